The van der Waals surface area contributed by atoms with Crippen molar-refractivity contribution in [1.82, 2.24) is 9.21 Å². The average Bonchev–Trinajstić information content (AvgIpc) is 2.88. The van der Waals surface area contributed by atoms with Gasteiger partial charge in [-0.15, -0.1) is 0 Å². The van der Waals surface area contributed by atoms with Crippen molar-refractivity contribution in [2.24, 2.45) is 0 Å². The Kier molecular flexibility index (Phi) is 8.37. The number of aryl methyl sites for hydroxylation is 3. The molecule has 1 aliphatic heterocycles. The summed E-state index contributed by atoms with van der Waals surface area (Å²) in [5.41, 5.74) is 2.66. The zero-order valence-corrected chi connectivity index (χ0v) is 23.0. The Bertz CT molecular complexity index is 1410. The number of amides is 1. The molecule has 0 spiro atoms. The predicted molar refractivity (Wildman–Crippen MR) is 145 cm³/mol. The van der Waals surface area contributed by atoms with Crippen molar-refractivity contribution in [3.05, 3.63) is 94.5 Å². The number of piperazine rings is 1. The molecule has 0 saturated carbocycles. The minimum atomic E-state index is -4.43. The van der Waals surface area contributed by atoms with Crippen LogP contribution < -0.4 is 4.90 Å². The third kappa shape index (κ3) is 6.62. The third-order valence-corrected chi connectivity index (χ3v) is 8.98. The molecular formula is C29H32F3N3O3S. The Hall–Kier alpha value is -3.37. The number of alkyl halides is 3. The lowest BCUT2D eigenvalue weighted by Crippen LogP contribution is -2.51. The van der Waals surface area contributed by atoms with Crippen LogP contribution in [0.5, 0.6) is 0 Å². The first-order valence-electron chi connectivity index (χ1n) is 12.7. The smallest absolute Gasteiger partial charge is 0.368 e. The molecule has 0 N–H and O–H groups in total. The molecule has 0 aliphatic carbocycles. The normalized spacial score (nSPS) is 14.6. The molecule has 1 amide bonds. The quantitative estimate of drug-likeness (QED) is 0.401. The van der Waals surface area contributed by atoms with Gasteiger partial charge in [0.1, 0.15) is 0 Å². The van der Waals surface area contributed by atoms with E-state index in [0.717, 1.165) is 23.3 Å². The number of halogens is 3. The molecule has 1 aliphatic rings. The largest absolute Gasteiger partial charge is 0.416 e. The van der Waals surface area contributed by atoms with E-state index < -0.39 is 21.8 Å². The van der Waals surface area contributed by atoms with Gasteiger partial charge in [0.05, 0.1) is 17.0 Å². The summed E-state index contributed by atoms with van der Waals surface area (Å²) < 4.78 is 68.5. The van der Waals surface area contributed by atoms with Gasteiger partial charge in [0.25, 0.3) is 0 Å². The van der Waals surface area contributed by atoms with E-state index in [-0.39, 0.29) is 37.0 Å². The summed E-state index contributed by atoms with van der Waals surface area (Å²) in [6, 6.07) is 17.9. The first-order chi connectivity index (χ1) is 18.4. The van der Waals surface area contributed by atoms with E-state index in [1.54, 1.807) is 29.7 Å². The van der Waals surface area contributed by atoms with Crippen molar-refractivity contribution in [3.8, 4) is 0 Å². The van der Waals surface area contributed by atoms with Gasteiger partial charge in [-0.1, -0.05) is 54.1 Å². The number of rotatable bonds is 7. The van der Waals surface area contributed by atoms with Crippen LogP contribution in [-0.2, 0) is 27.5 Å². The van der Waals surface area contributed by atoms with Gasteiger partial charge in [0, 0.05) is 38.4 Å². The van der Waals surface area contributed by atoms with E-state index in [1.807, 2.05) is 49.4 Å². The van der Waals surface area contributed by atoms with Crippen LogP contribution in [0.1, 0.15) is 27.8 Å². The number of hydrogen-bond acceptors (Lipinski definition) is 4. The van der Waals surface area contributed by atoms with Crippen molar-refractivity contribution in [2.75, 3.05) is 37.6 Å². The van der Waals surface area contributed by atoms with E-state index in [4.69, 9.17) is 0 Å². The minimum absolute atomic E-state index is 0.0336. The molecule has 0 atom stereocenters. The second-order valence-corrected chi connectivity index (χ2v) is 11.8. The molecule has 6 nitrogen and oxygen atoms in total. The molecule has 0 aromatic heterocycles. The number of hydrogen-bond donors (Lipinski definition) is 0. The highest BCUT2D eigenvalue weighted by atomic mass is 32.2. The highest BCUT2D eigenvalue weighted by molar-refractivity contribution is 7.89. The Morgan fingerprint density at radius 1 is 0.872 bits per heavy atom. The van der Waals surface area contributed by atoms with Gasteiger partial charge in [-0.05, 0) is 55.7 Å². The van der Waals surface area contributed by atoms with Crippen molar-refractivity contribution in [3.63, 3.8) is 0 Å². The Morgan fingerprint density at radius 2 is 1.49 bits per heavy atom. The molecule has 1 heterocycles. The van der Waals surface area contributed by atoms with Crippen LogP contribution in [0.25, 0.3) is 0 Å². The molecular weight excluding hydrogens is 527 g/mol. The second-order valence-electron chi connectivity index (χ2n) is 9.90. The highest BCUT2D eigenvalue weighted by Crippen LogP contribution is 2.32. The van der Waals surface area contributed by atoms with Crippen molar-refractivity contribution >= 4 is 21.6 Å². The predicted octanol–water partition coefficient (Wildman–Crippen LogP) is 5.17. The number of sulfonamides is 1. The van der Waals surface area contributed by atoms with E-state index in [0.29, 0.717) is 29.9 Å². The molecule has 208 valence electrons. The Labute approximate surface area is 227 Å². The standard InChI is InChI=1S/C29H32F3N3O3S/c1-21-16-22(2)28(23(3)17-21)39(37,38)35(19-24-8-5-4-6-9-24)20-27(36)34-14-12-33(13-15-34)26-11-7-10-25(18-26)29(30,31)32/h4-11,16-18H,12-15,19-20H2,1-3H3. The Morgan fingerprint density at radius 3 is 2.08 bits per heavy atom. The fourth-order valence-electron chi connectivity index (χ4n) is 5.06. The SMILES string of the molecule is Cc1cc(C)c(S(=O)(=O)N(CC(=O)N2CCN(c3cccc(C(F)(F)F)c3)CC2)Cc2ccccc2)c(C)c1. The van der Waals surface area contributed by atoms with Crippen LogP contribution in [0.4, 0.5) is 18.9 Å². The molecule has 0 unspecified atom stereocenters. The van der Waals surface area contributed by atoms with E-state index in [9.17, 15) is 26.4 Å². The van der Waals surface area contributed by atoms with Crippen LogP contribution in [-0.4, -0.2) is 56.3 Å². The number of carbonyl (C=O) groups is 1. The van der Waals surface area contributed by atoms with Gasteiger partial charge in [-0.3, -0.25) is 4.79 Å². The Balaban J connectivity index is 1.52. The van der Waals surface area contributed by atoms with Crippen LogP contribution >= 0.6 is 0 Å². The molecule has 3 aromatic rings. The summed E-state index contributed by atoms with van der Waals surface area (Å²) in [6.07, 6.45) is -4.43. The van der Waals surface area contributed by atoms with Gasteiger partial charge in [-0.25, -0.2) is 8.42 Å². The van der Waals surface area contributed by atoms with Crippen LogP contribution in [0, 0.1) is 20.8 Å². The van der Waals surface area contributed by atoms with Gasteiger partial charge in [-0.2, -0.15) is 17.5 Å². The summed E-state index contributed by atoms with van der Waals surface area (Å²) in [6.45, 7) is 6.34. The van der Waals surface area contributed by atoms with Crippen LogP contribution in [0.2, 0.25) is 0 Å². The van der Waals surface area contributed by atoms with E-state index in [1.165, 1.54) is 10.4 Å². The van der Waals surface area contributed by atoms with Crippen molar-refractivity contribution in [1.29, 1.82) is 0 Å². The van der Waals surface area contributed by atoms with Gasteiger partial charge >= 0.3 is 6.18 Å². The lowest BCUT2D eigenvalue weighted by atomic mass is 10.1. The highest BCUT2D eigenvalue weighted by Gasteiger charge is 2.33. The lowest BCUT2D eigenvalue weighted by Gasteiger charge is -2.37. The molecule has 4 rings (SSSR count). The monoisotopic (exact) mass is 559 g/mol. The van der Waals surface area contributed by atoms with Gasteiger partial charge in [0.15, 0.2) is 0 Å². The number of anilines is 1. The molecule has 10 heteroatoms. The van der Waals surface area contributed by atoms with Crippen LogP contribution in [0.15, 0.2) is 71.6 Å². The average molecular weight is 560 g/mol. The summed E-state index contributed by atoms with van der Waals surface area (Å²) in [5.74, 6) is -0.347. The van der Waals surface area contributed by atoms with Crippen molar-refractivity contribution < 1.29 is 26.4 Å². The number of benzene rings is 3. The number of nitrogens with zero attached hydrogens (tertiary/aromatic N) is 3. The van der Waals surface area contributed by atoms with Gasteiger partial charge < -0.3 is 9.80 Å². The molecule has 0 bridgehead atoms. The topological polar surface area (TPSA) is 60.9 Å². The van der Waals surface area contributed by atoms with Crippen molar-refractivity contribution in [2.45, 2.75) is 38.4 Å². The zero-order chi connectivity index (χ0) is 28.4. The van der Waals surface area contributed by atoms with E-state index >= 15 is 0 Å². The van der Waals surface area contributed by atoms with Crippen LogP contribution in [0.3, 0.4) is 0 Å². The first kappa shape index (κ1) is 28.6. The molecule has 1 saturated heterocycles. The molecule has 1 fully saturated rings. The molecule has 0 radical (unpaired) electrons. The fraction of sp³-hybridized carbons (Fsp3) is 0.345. The summed E-state index contributed by atoms with van der Waals surface area (Å²) in [4.78, 5) is 17.0. The molecule has 3 aromatic carbocycles. The molecule has 39 heavy (non-hydrogen) atoms. The summed E-state index contributed by atoms with van der Waals surface area (Å²) in [7, 11) is -4.01. The zero-order valence-electron chi connectivity index (χ0n) is 22.2. The van der Waals surface area contributed by atoms with E-state index in [2.05, 4.69) is 0 Å². The second kappa shape index (κ2) is 11.4. The summed E-state index contributed by atoms with van der Waals surface area (Å²) >= 11 is 0. The maximum atomic E-state index is 13.9. The first-order valence-corrected chi connectivity index (χ1v) is 14.1. The third-order valence-electron chi connectivity index (χ3n) is 6.89. The summed E-state index contributed by atoms with van der Waals surface area (Å²) in [5, 5.41) is 0. The maximum absolute atomic E-state index is 13.9. The van der Waals surface area contributed by atoms with Gasteiger partial charge in [0.2, 0.25) is 15.9 Å². The lowest BCUT2D eigenvalue weighted by molar-refractivity contribution is -0.137. The number of carbonyl (C=O) groups excluding carboxylic acids is 1. The fourth-order valence-corrected chi connectivity index (χ4v) is 6.85. The maximum Gasteiger partial charge on any atom is 0.416 e. The minimum Gasteiger partial charge on any atom is -0.368 e.